The molecule has 0 spiro atoms. The fourth-order valence-electron chi connectivity index (χ4n) is 5.23. The lowest BCUT2D eigenvalue weighted by atomic mass is 9.76. The monoisotopic (exact) mass is 536 g/mol. The molecule has 0 bridgehead atoms. The number of ether oxygens (including phenoxy) is 1. The smallest absolute Gasteiger partial charge is 0.387 e. The van der Waals surface area contributed by atoms with Gasteiger partial charge in [0.2, 0.25) is 5.95 Å². The van der Waals surface area contributed by atoms with E-state index in [1.165, 1.54) is 6.07 Å². The van der Waals surface area contributed by atoms with Crippen LogP contribution in [0.15, 0.2) is 49.1 Å². The number of para-hydroxylation sites is 1. The van der Waals surface area contributed by atoms with E-state index in [9.17, 15) is 18.7 Å². The van der Waals surface area contributed by atoms with Gasteiger partial charge in [-0.1, -0.05) is 25.1 Å². The maximum absolute atomic E-state index is 12.9. The van der Waals surface area contributed by atoms with E-state index in [0.29, 0.717) is 54.2 Å². The van der Waals surface area contributed by atoms with Crippen molar-refractivity contribution >= 4 is 17.6 Å². The minimum Gasteiger partial charge on any atom is -0.481 e. The highest BCUT2D eigenvalue weighted by molar-refractivity contribution is 5.74. The second-order valence-corrected chi connectivity index (χ2v) is 10.2. The summed E-state index contributed by atoms with van der Waals surface area (Å²) >= 11 is 0. The Balaban J connectivity index is 1.41. The topological polar surface area (TPSA) is 106 Å². The van der Waals surface area contributed by atoms with Crippen molar-refractivity contribution < 1.29 is 23.4 Å². The highest BCUT2D eigenvalue weighted by Gasteiger charge is 2.42. The molecule has 0 radical (unpaired) electrons. The molecule has 4 heterocycles. The number of imidazole rings is 1. The van der Waals surface area contributed by atoms with Gasteiger partial charge in [-0.2, -0.15) is 8.78 Å². The van der Waals surface area contributed by atoms with E-state index < -0.39 is 18.0 Å². The van der Waals surface area contributed by atoms with Crippen molar-refractivity contribution in [3.05, 3.63) is 66.0 Å². The van der Waals surface area contributed by atoms with E-state index >= 15 is 0 Å². The maximum atomic E-state index is 12.9. The van der Waals surface area contributed by atoms with Crippen molar-refractivity contribution in [2.45, 2.75) is 59.1 Å². The zero-order chi connectivity index (χ0) is 27.7. The van der Waals surface area contributed by atoms with Crippen molar-refractivity contribution in [1.29, 1.82) is 0 Å². The molecule has 4 aromatic rings. The number of aromatic nitrogens is 5. The molecule has 11 heteroatoms. The van der Waals surface area contributed by atoms with Gasteiger partial charge >= 0.3 is 12.6 Å². The number of hydrogen-bond acceptors (Lipinski definition) is 7. The molecule has 9 nitrogen and oxygen atoms in total. The zero-order valence-electron chi connectivity index (χ0n) is 22.0. The Kier molecular flexibility index (Phi) is 7.16. The minimum absolute atomic E-state index is 0.0357. The number of carboxylic acids is 1. The molecule has 1 aliphatic heterocycles. The molecular formula is C28H30F2N6O3. The third-order valence-corrected chi connectivity index (χ3v) is 7.56. The van der Waals surface area contributed by atoms with Gasteiger partial charge in [0.15, 0.2) is 5.65 Å². The van der Waals surface area contributed by atoms with Crippen LogP contribution in [0, 0.1) is 12.3 Å². The average Bonchev–Trinajstić information content (AvgIpc) is 3.23. The lowest BCUT2D eigenvalue weighted by Gasteiger charge is -2.42. The molecule has 1 fully saturated rings. The predicted octanol–water partition coefficient (Wildman–Crippen LogP) is 5.16. The van der Waals surface area contributed by atoms with Crippen LogP contribution in [0.25, 0.3) is 16.9 Å². The number of hydrogen-bond donors (Lipinski definition) is 1. The molecule has 2 atom stereocenters. The van der Waals surface area contributed by atoms with E-state index in [1.54, 1.807) is 43.7 Å². The average molecular weight is 537 g/mol. The Hall–Kier alpha value is -4.15. The largest absolute Gasteiger partial charge is 0.481 e. The third kappa shape index (κ3) is 5.25. The van der Waals surface area contributed by atoms with Crippen LogP contribution in [0.5, 0.6) is 5.75 Å². The number of fused-ring (bicyclic) bond motifs is 1. The van der Waals surface area contributed by atoms with Crippen molar-refractivity contribution in [2.75, 3.05) is 11.4 Å². The molecule has 0 aliphatic carbocycles. The van der Waals surface area contributed by atoms with Gasteiger partial charge in [0.25, 0.3) is 0 Å². The molecule has 204 valence electrons. The van der Waals surface area contributed by atoms with Crippen molar-refractivity contribution in [3.63, 3.8) is 0 Å². The number of benzene rings is 1. The van der Waals surface area contributed by atoms with Crippen molar-refractivity contribution in [1.82, 2.24) is 24.3 Å². The molecule has 1 saturated heterocycles. The number of halogens is 2. The van der Waals surface area contributed by atoms with Gasteiger partial charge in [-0.3, -0.25) is 14.2 Å². The fourth-order valence-corrected chi connectivity index (χ4v) is 5.23. The maximum Gasteiger partial charge on any atom is 0.387 e. The Morgan fingerprint density at radius 2 is 1.95 bits per heavy atom. The molecule has 5 rings (SSSR count). The Morgan fingerprint density at radius 1 is 1.21 bits per heavy atom. The van der Waals surface area contributed by atoms with Gasteiger partial charge < -0.3 is 14.7 Å². The van der Waals surface area contributed by atoms with Crippen molar-refractivity contribution in [2.24, 2.45) is 5.41 Å². The number of aliphatic carboxylic acids is 1. The summed E-state index contributed by atoms with van der Waals surface area (Å²) in [6.07, 6.45) is 9.12. The first-order valence-corrected chi connectivity index (χ1v) is 12.9. The van der Waals surface area contributed by atoms with Crippen LogP contribution in [-0.2, 0) is 11.2 Å². The van der Waals surface area contributed by atoms with Crippen LogP contribution in [0.2, 0.25) is 0 Å². The number of carbonyl (C=O) groups is 1. The SMILES string of the molecule is CCC1CC(C)(C(=O)O)CCN1c1ncc(-c2cn3c(Cc4ccccc4OC(F)F)c(C)nc3cn2)cn1. The summed E-state index contributed by atoms with van der Waals surface area (Å²) in [5.41, 5.74) is 3.45. The summed E-state index contributed by atoms with van der Waals surface area (Å²) in [6.45, 7) is 3.37. The molecule has 0 amide bonds. The zero-order valence-corrected chi connectivity index (χ0v) is 22.0. The van der Waals surface area contributed by atoms with Crippen LogP contribution in [0.4, 0.5) is 14.7 Å². The summed E-state index contributed by atoms with van der Waals surface area (Å²) in [7, 11) is 0. The van der Waals surface area contributed by atoms with Gasteiger partial charge in [-0.25, -0.2) is 15.0 Å². The summed E-state index contributed by atoms with van der Waals surface area (Å²) in [5.74, 6) is -0.0710. The van der Waals surface area contributed by atoms with Crippen LogP contribution >= 0.6 is 0 Å². The van der Waals surface area contributed by atoms with E-state index in [4.69, 9.17) is 4.74 Å². The number of alkyl halides is 2. The first-order valence-electron chi connectivity index (χ1n) is 12.9. The first-order chi connectivity index (χ1) is 18.7. The Bertz CT molecular complexity index is 1490. The highest BCUT2D eigenvalue weighted by Crippen LogP contribution is 2.37. The first kappa shape index (κ1) is 26.5. The predicted molar refractivity (Wildman–Crippen MR) is 141 cm³/mol. The summed E-state index contributed by atoms with van der Waals surface area (Å²) in [5, 5.41) is 9.66. The molecular weight excluding hydrogens is 506 g/mol. The van der Waals surface area contributed by atoms with Gasteiger partial charge in [-0.15, -0.1) is 0 Å². The van der Waals surface area contributed by atoms with Gasteiger partial charge in [0, 0.05) is 48.7 Å². The molecule has 1 aromatic carbocycles. The van der Waals surface area contributed by atoms with E-state index in [0.717, 1.165) is 17.8 Å². The number of carboxylic acid groups (broad SMARTS) is 1. The number of anilines is 1. The lowest BCUT2D eigenvalue weighted by molar-refractivity contribution is -0.149. The van der Waals surface area contributed by atoms with Gasteiger partial charge in [-0.05, 0) is 39.2 Å². The third-order valence-electron chi connectivity index (χ3n) is 7.56. The number of aryl methyl sites for hydroxylation is 1. The van der Waals surface area contributed by atoms with E-state index in [1.807, 2.05) is 24.4 Å². The fraction of sp³-hybridized carbons (Fsp3) is 0.393. The second-order valence-electron chi connectivity index (χ2n) is 10.2. The summed E-state index contributed by atoms with van der Waals surface area (Å²) in [4.78, 5) is 32.2. The standard InChI is InChI=1S/C28H30F2N6O3/c1-4-20-12-28(3,25(37)38)9-10-35(20)27-32-13-19(14-33-27)21-16-36-22(17(2)34-24(36)15-31-21)11-18-7-5-6-8-23(18)39-26(29)30/h5-8,13-16,20,26H,4,9-12H2,1-3H3,(H,37,38). The van der Waals surface area contributed by atoms with Crippen LogP contribution in [0.3, 0.4) is 0 Å². The summed E-state index contributed by atoms with van der Waals surface area (Å²) in [6, 6.07) is 6.76. The molecule has 0 saturated carbocycles. The molecule has 2 unspecified atom stereocenters. The quantitative estimate of drug-likeness (QED) is 0.329. The van der Waals surface area contributed by atoms with E-state index in [2.05, 4.69) is 24.8 Å². The summed E-state index contributed by atoms with van der Waals surface area (Å²) < 4.78 is 32.5. The van der Waals surface area contributed by atoms with Gasteiger partial charge in [0.05, 0.1) is 28.7 Å². The second kappa shape index (κ2) is 10.5. The Labute approximate surface area is 224 Å². The number of rotatable bonds is 8. The normalized spacial score (nSPS) is 19.5. The van der Waals surface area contributed by atoms with Crippen LogP contribution < -0.4 is 9.64 Å². The Morgan fingerprint density at radius 3 is 2.64 bits per heavy atom. The van der Waals surface area contributed by atoms with Gasteiger partial charge in [0.1, 0.15) is 5.75 Å². The highest BCUT2D eigenvalue weighted by atomic mass is 19.3. The lowest BCUT2D eigenvalue weighted by Crippen LogP contribution is -2.49. The van der Waals surface area contributed by atoms with E-state index in [-0.39, 0.29) is 11.8 Å². The minimum atomic E-state index is -2.91. The van der Waals surface area contributed by atoms with Crippen LogP contribution in [-0.4, -0.2) is 54.6 Å². The molecule has 3 aromatic heterocycles. The van der Waals surface area contributed by atoms with Crippen LogP contribution in [0.1, 0.15) is 50.1 Å². The number of piperidine rings is 1. The number of nitrogens with zero attached hydrogens (tertiary/aromatic N) is 6. The molecule has 39 heavy (non-hydrogen) atoms. The molecule has 1 aliphatic rings. The molecule has 1 N–H and O–H groups in total. The van der Waals surface area contributed by atoms with Crippen molar-refractivity contribution in [3.8, 4) is 17.0 Å².